The van der Waals surface area contributed by atoms with Crippen molar-refractivity contribution in [3.05, 3.63) is 42.5 Å². The number of halogens is 3. The zero-order valence-corrected chi connectivity index (χ0v) is 7.94. The molecule has 1 aromatic carbocycles. The minimum absolute atomic E-state index is 0.0141. The van der Waals surface area contributed by atoms with E-state index in [1.54, 1.807) is 6.07 Å². The summed E-state index contributed by atoms with van der Waals surface area (Å²) in [6.45, 7) is 0. The lowest BCUT2D eigenvalue weighted by atomic mass is 10.3. The molecule has 84 valence electrons. The highest BCUT2D eigenvalue weighted by Crippen LogP contribution is 2.28. The Kier molecular flexibility index (Phi) is 2.34. The van der Waals surface area contributed by atoms with Gasteiger partial charge in [0.15, 0.2) is 5.69 Å². The van der Waals surface area contributed by atoms with E-state index in [1.807, 2.05) is 0 Å². The minimum Gasteiger partial charge on any atom is -0.508 e. The summed E-state index contributed by atoms with van der Waals surface area (Å²) in [5, 5.41) is 9.19. The Labute approximate surface area is 88.8 Å². The predicted molar refractivity (Wildman–Crippen MR) is 50.2 cm³/mol. The SMILES string of the molecule is Oc1cccc(-n2cnc(C(F)(F)F)c2)c1. The van der Waals surface area contributed by atoms with Crippen LogP contribution in [0.5, 0.6) is 5.75 Å². The normalized spacial score (nSPS) is 11.7. The first-order valence-corrected chi connectivity index (χ1v) is 4.37. The molecule has 2 rings (SSSR count). The Morgan fingerprint density at radius 2 is 2.00 bits per heavy atom. The molecule has 1 N–H and O–H groups in total. The summed E-state index contributed by atoms with van der Waals surface area (Å²) in [5.41, 5.74) is -0.543. The monoisotopic (exact) mass is 228 g/mol. The maximum atomic E-state index is 12.3. The average Bonchev–Trinajstić information content (AvgIpc) is 2.65. The molecule has 0 atom stereocenters. The standard InChI is InChI=1S/C10H7F3N2O/c11-10(12,13)9-5-15(6-14-9)7-2-1-3-8(16)4-7/h1-6,16H. The number of phenolic OH excluding ortho intramolecular Hbond substituents is 1. The van der Waals surface area contributed by atoms with Gasteiger partial charge in [-0.15, -0.1) is 0 Å². The number of phenols is 1. The Morgan fingerprint density at radius 3 is 2.56 bits per heavy atom. The van der Waals surface area contributed by atoms with E-state index in [0.717, 1.165) is 12.5 Å². The van der Waals surface area contributed by atoms with E-state index in [-0.39, 0.29) is 5.75 Å². The fourth-order valence-electron chi connectivity index (χ4n) is 1.26. The zero-order valence-electron chi connectivity index (χ0n) is 7.94. The largest absolute Gasteiger partial charge is 0.508 e. The van der Waals surface area contributed by atoms with Crippen molar-refractivity contribution < 1.29 is 18.3 Å². The number of imidazole rings is 1. The van der Waals surface area contributed by atoms with E-state index >= 15 is 0 Å². The lowest BCUT2D eigenvalue weighted by Gasteiger charge is -2.02. The zero-order chi connectivity index (χ0) is 11.8. The van der Waals surface area contributed by atoms with Gasteiger partial charge in [-0.25, -0.2) is 4.98 Å². The second kappa shape index (κ2) is 3.55. The van der Waals surface area contributed by atoms with Gasteiger partial charge in [0.25, 0.3) is 0 Å². The van der Waals surface area contributed by atoms with Crippen molar-refractivity contribution in [2.45, 2.75) is 6.18 Å². The third kappa shape index (κ3) is 2.00. The lowest BCUT2D eigenvalue weighted by molar-refractivity contribution is -0.140. The van der Waals surface area contributed by atoms with E-state index in [9.17, 15) is 18.3 Å². The fourth-order valence-corrected chi connectivity index (χ4v) is 1.26. The Hall–Kier alpha value is -1.98. The van der Waals surface area contributed by atoms with Crippen molar-refractivity contribution in [1.29, 1.82) is 0 Å². The highest BCUT2D eigenvalue weighted by atomic mass is 19.4. The summed E-state index contributed by atoms with van der Waals surface area (Å²) in [6.07, 6.45) is -2.53. The smallest absolute Gasteiger partial charge is 0.434 e. The van der Waals surface area contributed by atoms with Crippen LogP contribution < -0.4 is 0 Å². The van der Waals surface area contributed by atoms with Crippen LogP contribution in [0.25, 0.3) is 5.69 Å². The molecular weight excluding hydrogens is 221 g/mol. The summed E-state index contributed by atoms with van der Waals surface area (Å²) < 4.78 is 38.0. The van der Waals surface area contributed by atoms with Gasteiger partial charge in [0.05, 0.1) is 12.0 Å². The average molecular weight is 228 g/mol. The molecule has 16 heavy (non-hydrogen) atoms. The highest BCUT2D eigenvalue weighted by Gasteiger charge is 2.33. The summed E-state index contributed by atoms with van der Waals surface area (Å²) in [6, 6.07) is 5.90. The van der Waals surface area contributed by atoms with Crippen LogP contribution in [0.1, 0.15) is 5.69 Å². The molecule has 2 aromatic rings. The Balaban J connectivity index is 2.39. The molecule has 0 spiro atoms. The van der Waals surface area contributed by atoms with Gasteiger partial charge in [-0.1, -0.05) is 6.07 Å². The molecule has 0 fully saturated rings. The second-order valence-corrected chi connectivity index (χ2v) is 3.18. The molecule has 0 amide bonds. The maximum absolute atomic E-state index is 12.3. The van der Waals surface area contributed by atoms with Crippen molar-refractivity contribution in [2.75, 3.05) is 0 Å². The first-order chi connectivity index (χ1) is 7.47. The van der Waals surface area contributed by atoms with E-state index in [0.29, 0.717) is 5.69 Å². The van der Waals surface area contributed by atoms with Gasteiger partial charge in [0, 0.05) is 12.3 Å². The number of aromatic nitrogens is 2. The third-order valence-electron chi connectivity index (χ3n) is 2.00. The number of aromatic hydroxyl groups is 1. The minimum atomic E-state index is -4.46. The van der Waals surface area contributed by atoms with Crippen LogP contribution in [-0.2, 0) is 6.18 Å². The molecule has 0 saturated carbocycles. The Morgan fingerprint density at radius 1 is 1.25 bits per heavy atom. The molecule has 0 aliphatic carbocycles. The molecular formula is C10H7F3N2O. The summed E-state index contributed by atoms with van der Waals surface area (Å²) in [5.74, 6) is -0.0141. The molecule has 0 bridgehead atoms. The van der Waals surface area contributed by atoms with Crippen molar-refractivity contribution in [1.82, 2.24) is 9.55 Å². The number of nitrogens with zero attached hydrogens (tertiary/aromatic N) is 2. The van der Waals surface area contributed by atoms with E-state index in [4.69, 9.17) is 0 Å². The second-order valence-electron chi connectivity index (χ2n) is 3.18. The quantitative estimate of drug-likeness (QED) is 0.814. The van der Waals surface area contributed by atoms with Crippen LogP contribution in [0.3, 0.4) is 0 Å². The third-order valence-corrected chi connectivity index (χ3v) is 2.00. The predicted octanol–water partition coefficient (Wildman–Crippen LogP) is 2.60. The number of benzene rings is 1. The number of rotatable bonds is 1. The Bertz CT molecular complexity index is 505. The first kappa shape index (κ1) is 10.5. The van der Waals surface area contributed by atoms with Gasteiger partial charge in [0.1, 0.15) is 5.75 Å². The molecule has 1 aromatic heterocycles. The van der Waals surface area contributed by atoms with Crippen LogP contribution in [0.4, 0.5) is 13.2 Å². The van der Waals surface area contributed by atoms with Crippen molar-refractivity contribution >= 4 is 0 Å². The molecule has 6 heteroatoms. The van der Waals surface area contributed by atoms with Crippen molar-refractivity contribution in [3.8, 4) is 11.4 Å². The van der Waals surface area contributed by atoms with Crippen molar-refractivity contribution in [3.63, 3.8) is 0 Å². The number of hydrogen-bond acceptors (Lipinski definition) is 2. The topological polar surface area (TPSA) is 38.0 Å². The van der Waals surface area contributed by atoms with Crippen molar-refractivity contribution in [2.24, 2.45) is 0 Å². The van der Waals surface area contributed by atoms with Gasteiger partial charge in [-0.2, -0.15) is 13.2 Å². The summed E-state index contributed by atoms with van der Waals surface area (Å²) >= 11 is 0. The van der Waals surface area contributed by atoms with Gasteiger partial charge < -0.3 is 9.67 Å². The van der Waals surface area contributed by atoms with Crippen LogP contribution in [0.2, 0.25) is 0 Å². The van der Waals surface area contributed by atoms with Gasteiger partial charge >= 0.3 is 6.18 Å². The summed E-state index contributed by atoms with van der Waals surface area (Å²) in [7, 11) is 0. The van der Waals surface area contributed by atoms with E-state index in [2.05, 4.69) is 4.98 Å². The molecule has 3 nitrogen and oxygen atoms in total. The molecule has 0 radical (unpaired) electrons. The van der Waals surface area contributed by atoms with Crippen LogP contribution in [0.15, 0.2) is 36.8 Å². The van der Waals surface area contributed by atoms with Crippen LogP contribution >= 0.6 is 0 Å². The van der Waals surface area contributed by atoms with Gasteiger partial charge in [-0.3, -0.25) is 0 Å². The van der Waals surface area contributed by atoms with Crippen LogP contribution in [-0.4, -0.2) is 14.7 Å². The van der Waals surface area contributed by atoms with E-state index < -0.39 is 11.9 Å². The van der Waals surface area contributed by atoms with Crippen LogP contribution in [0, 0.1) is 0 Å². The van der Waals surface area contributed by atoms with Gasteiger partial charge in [-0.05, 0) is 12.1 Å². The number of alkyl halides is 3. The van der Waals surface area contributed by atoms with Gasteiger partial charge in [0.2, 0.25) is 0 Å². The molecule has 0 aliphatic heterocycles. The highest BCUT2D eigenvalue weighted by molar-refractivity contribution is 5.38. The molecule has 0 unspecified atom stereocenters. The summed E-state index contributed by atoms with van der Waals surface area (Å²) in [4.78, 5) is 3.25. The number of hydrogen-bond donors (Lipinski definition) is 1. The first-order valence-electron chi connectivity index (χ1n) is 4.37. The van der Waals surface area contributed by atoms with E-state index in [1.165, 1.54) is 22.8 Å². The fraction of sp³-hybridized carbons (Fsp3) is 0.100. The maximum Gasteiger partial charge on any atom is 0.434 e. The molecule has 0 aliphatic rings. The lowest BCUT2D eigenvalue weighted by Crippen LogP contribution is -2.04. The molecule has 1 heterocycles. The molecule has 0 saturated heterocycles.